The molecule has 3 nitrogen and oxygen atoms in total. The standard InChI is InChI=1S/C10H13ClF2N2O/c11-9-6-14-2-1-8(9)5-15-3-4-16-7-10(12)13/h1-2,6,10,15H,3-5,7H2. The SMILES string of the molecule is FC(F)COCCNCc1ccncc1Cl. The second kappa shape index (κ2) is 7.49. The minimum atomic E-state index is -2.41. The van der Waals surface area contributed by atoms with Crippen molar-refractivity contribution in [2.45, 2.75) is 13.0 Å². The molecular weight excluding hydrogens is 238 g/mol. The first-order chi connectivity index (χ1) is 7.70. The number of aromatic nitrogens is 1. The van der Waals surface area contributed by atoms with E-state index in [0.29, 0.717) is 18.1 Å². The Bertz CT molecular complexity index is 313. The molecule has 0 unspecified atom stereocenters. The Morgan fingerprint density at radius 2 is 2.31 bits per heavy atom. The summed E-state index contributed by atoms with van der Waals surface area (Å²) in [6.45, 7) is 0.815. The summed E-state index contributed by atoms with van der Waals surface area (Å²) in [5, 5.41) is 3.62. The maximum atomic E-state index is 11.7. The van der Waals surface area contributed by atoms with Gasteiger partial charge in [0.1, 0.15) is 6.61 Å². The van der Waals surface area contributed by atoms with Crippen molar-refractivity contribution in [1.29, 1.82) is 0 Å². The highest BCUT2D eigenvalue weighted by molar-refractivity contribution is 6.31. The van der Waals surface area contributed by atoms with Crippen LogP contribution in [0.25, 0.3) is 0 Å². The van der Waals surface area contributed by atoms with Crippen LogP contribution in [-0.4, -0.2) is 31.2 Å². The van der Waals surface area contributed by atoms with Crippen molar-refractivity contribution < 1.29 is 13.5 Å². The molecule has 0 aliphatic carbocycles. The average Bonchev–Trinajstić information content (AvgIpc) is 2.25. The van der Waals surface area contributed by atoms with Crippen LogP contribution < -0.4 is 5.32 Å². The first-order valence-electron chi connectivity index (χ1n) is 4.85. The summed E-state index contributed by atoms with van der Waals surface area (Å²) in [6.07, 6.45) is 0.803. The van der Waals surface area contributed by atoms with E-state index >= 15 is 0 Å². The number of alkyl halides is 2. The number of ether oxygens (including phenoxy) is 1. The van der Waals surface area contributed by atoms with E-state index in [9.17, 15) is 8.78 Å². The Balaban J connectivity index is 2.10. The van der Waals surface area contributed by atoms with Crippen molar-refractivity contribution in [3.63, 3.8) is 0 Å². The van der Waals surface area contributed by atoms with Crippen molar-refractivity contribution in [1.82, 2.24) is 10.3 Å². The molecule has 0 fully saturated rings. The summed E-state index contributed by atoms with van der Waals surface area (Å²) < 4.78 is 28.1. The molecule has 16 heavy (non-hydrogen) atoms. The molecule has 1 heterocycles. The molecule has 1 rings (SSSR count). The molecule has 0 bridgehead atoms. The van der Waals surface area contributed by atoms with Crippen LogP contribution in [0.4, 0.5) is 8.78 Å². The zero-order valence-electron chi connectivity index (χ0n) is 8.63. The van der Waals surface area contributed by atoms with E-state index in [2.05, 4.69) is 10.3 Å². The van der Waals surface area contributed by atoms with Gasteiger partial charge < -0.3 is 10.1 Å². The normalized spacial score (nSPS) is 11.0. The van der Waals surface area contributed by atoms with E-state index in [1.165, 1.54) is 0 Å². The molecule has 0 radical (unpaired) electrons. The third-order valence-electron chi connectivity index (χ3n) is 1.84. The molecule has 0 atom stereocenters. The predicted octanol–water partition coefficient (Wildman–Crippen LogP) is 2.11. The maximum Gasteiger partial charge on any atom is 0.261 e. The van der Waals surface area contributed by atoms with Crippen LogP contribution in [0.5, 0.6) is 0 Å². The molecule has 1 aromatic heterocycles. The van der Waals surface area contributed by atoms with E-state index in [1.807, 2.05) is 0 Å². The van der Waals surface area contributed by atoms with Crippen LogP contribution in [0.1, 0.15) is 5.56 Å². The number of rotatable bonds is 7. The van der Waals surface area contributed by atoms with Gasteiger partial charge in [0, 0.05) is 25.5 Å². The van der Waals surface area contributed by atoms with Gasteiger partial charge in [0.15, 0.2) is 0 Å². The zero-order chi connectivity index (χ0) is 11.8. The lowest BCUT2D eigenvalue weighted by Gasteiger charge is -2.06. The topological polar surface area (TPSA) is 34.1 Å². The van der Waals surface area contributed by atoms with Crippen LogP contribution in [-0.2, 0) is 11.3 Å². The second-order valence-electron chi connectivity index (χ2n) is 3.11. The molecule has 6 heteroatoms. The minimum Gasteiger partial charge on any atom is -0.374 e. The first-order valence-corrected chi connectivity index (χ1v) is 5.23. The summed E-state index contributed by atoms with van der Waals surface area (Å²) in [5.41, 5.74) is 0.922. The summed E-state index contributed by atoms with van der Waals surface area (Å²) in [7, 11) is 0. The maximum absolute atomic E-state index is 11.7. The first kappa shape index (κ1) is 13.3. The van der Waals surface area contributed by atoms with Gasteiger partial charge in [0.25, 0.3) is 6.43 Å². The van der Waals surface area contributed by atoms with Crippen molar-refractivity contribution in [3.8, 4) is 0 Å². The Hall–Kier alpha value is -0.780. The molecule has 0 amide bonds. The third kappa shape index (κ3) is 5.34. The van der Waals surface area contributed by atoms with Crippen molar-refractivity contribution >= 4 is 11.6 Å². The zero-order valence-corrected chi connectivity index (χ0v) is 9.38. The Morgan fingerprint density at radius 3 is 3.00 bits per heavy atom. The fourth-order valence-electron chi connectivity index (χ4n) is 1.09. The van der Waals surface area contributed by atoms with Crippen LogP contribution in [0.3, 0.4) is 0 Å². The number of nitrogens with one attached hydrogen (secondary N) is 1. The third-order valence-corrected chi connectivity index (χ3v) is 2.18. The number of halogens is 3. The van der Waals surface area contributed by atoms with Gasteiger partial charge in [-0.2, -0.15) is 0 Å². The molecule has 0 saturated heterocycles. The molecule has 0 aliphatic rings. The number of hydrogen-bond donors (Lipinski definition) is 1. The summed E-state index contributed by atoms with van der Waals surface area (Å²) in [4.78, 5) is 3.85. The highest BCUT2D eigenvalue weighted by Crippen LogP contribution is 2.12. The number of hydrogen-bond acceptors (Lipinski definition) is 3. The van der Waals surface area contributed by atoms with Crippen molar-refractivity contribution in [2.75, 3.05) is 19.8 Å². The van der Waals surface area contributed by atoms with E-state index in [4.69, 9.17) is 16.3 Å². The lowest BCUT2D eigenvalue weighted by atomic mass is 10.3. The van der Waals surface area contributed by atoms with Gasteiger partial charge in [-0.3, -0.25) is 4.98 Å². The van der Waals surface area contributed by atoms with Gasteiger partial charge >= 0.3 is 0 Å². The lowest BCUT2D eigenvalue weighted by molar-refractivity contribution is 0.0187. The largest absolute Gasteiger partial charge is 0.374 e. The van der Waals surface area contributed by atoms with E-state index in [0.717, 1.165) is 5.56 Å². The molecule has 90 valence electrons. The Kier molecular flexibility index (Phi) is 6.22. The molecule has 0 spiro atoms. The van der Waals surface area contributed by atoms with Gasteiger partial charge in [0.05, 0.1) is 11.6 Å². The van der Waals surface area contributed by atoms with Crippen LogP contribution >= 0.6 is 11.6 Å². The lowest BCUT2D eigenvalue weighted by Crippen LogP contribution is -2.20. The highest BCUT2D eigenvalue weighted by atomic mass is 35.5. The van der Waals surface area contributed by atoms with Gasteiger partial charge in [-0.1, -0.05) is 11.6 Å². The van der Waals surface area contributed by atoms with Gasteiger partial charge in [0.2, 0.25) is 0 Å². The van der Waals surface area contributed by atoms with Crippen LogP contribution in [0.2, 0.25) is 5.02 Å². The van der Waals surface area contributed by atoms with E-state index in [1.54, 1.807) is 18.5 Å². The second-order valence-corrected chi connectivity index (χ2v) is 3.52. The average molecular weight is 251 g/mol. The van der Waals surface area contributed by atoms with E-state index < -0.39 is 13.0 Å². The summed E-state index contributed by atoms with van der Waals surface area (Å²) in [6, 6.07) is 1.80. The molecular formula is C10H13ClF2N2O. The predicted molar refractivity (Wildman–Crippen MR) is 57.8 cm³/mol. The molecule has 0 saturated carbocycles. The molecule has 0 aromatic carbocycles. The molecule has 1 aromatic rings. The minimum absolute atomic E-state index is 0.257. The Morgan fingerprint density at radius 1 is 1.50 bits per heavy atom. The quantitative estimate of drug-likeness (QED) is 0.753. The smallest absolute Gasteiger partial charge is 0.261 e. The van der Waals surface area contributed by atoms with Crippen LogP contribution in [0.15, 0.2) is 18.5 Å². The Labute approximate surface area is 97.8 Å². The fraction of sp³-hybridized carbons (Fsp3) is 0.500. The van der Waals surface area contributed by atoms with E-state index in [-0.39, 0.29) is 6.61 Å². The summed E-state index contributed by atoms with van der Waals surface area (Å²) >= 11 is 5.87. The molecule has 1 N–H and O–H groups in total. The van der Waals surface area contributed by atoms with Crippen LogP contribution in [0, 0.1) is 0 Å². The van der Waals surface area contributed by atoms with Crippen molar-refractivity contribution in [3.05, 3.63) is 29.0 Å². The molecule has 0 aliphatic heterocycles. The van der Waals surface area contributed by atoms with Gasteiger partial charge in [-0.25, -0.2) is 8.78 Å². The fourth-order valence-corrected chi connectivity index (χ4v) is 1.27. The monoisotopic (exact) mass is 250 g/mol. The number of nitrogens with zero attached hydrogens (tertiary/aromatic N) is 1. The van der Waals surface area contributed by atoms with Gasteiger partial charge in [-0.15, -0.1) is 0 Å². The van der Waals surface area contributed by atoms with Gasteiger partial charge in [-0.05, 0) is 11.6 Å². The van der Waals surface area contributed by atoms with Crippen molar-refractivity contribution in [2.24, 2.45) is 0 Å². The number of pyridine rings is 1. The highest BCUT2D eigenvalue weighted by Gasteiger charge is 2.01. The summed E-state index contributed by atoms with van der Waals surface area (Å²) in [5.74, 6) is 0.